The van der Waals surface area contributed by atoms with Gasteiger partial charge in [-0.1, -0.05) is 6.07 Å². The van der Waals surface area contributed by atoms with Gasteiger partial charge in [0.15, 0.2) is 0 Å². The summed E-state index contributed by atoms with van der Waals surface area (Å²) in [5.41, 5.74) is 2.71. The van der Waals surface area contributed by atoms with Gasteiger partial charge >= 0.3 is 0 Å². The summed E-state index contributed by atoms with van der Waals surface area (Å²) in [5.74, 6) is 0.458. The number of amides is 1. The van der Waals surface area contributed by atoms with Crippen LogP contribution in [0.2, 0.25) is 0 Å². The Morgan fingerprint density at radius 1 is 1.40 bits per heavy atom. The minimum atomic E-state index is -0.354. The van der Waals surface area contributed by atoms with Crippen LogP contribution < -0.4 is 0 Å². The van der Waals surface area contributed by atoms with E-state index < -0.39 is 0 Å². The molecule has 4 heteroatoms. The van der Waals surface area contributed by atoms with Crippen molar-refractivity contribution in [2.24, 2.45) is 0 Å². The molecule has 110 valence electrons. The Kier molecular flexibility index (Phi) is 4.40. The van der Waals surface area contributed by atoms with Crippen LogP contribution in [-0.2, 0) is 4.74 Å². The number of hydrogen-bond donors (Lipinski definition) is 0. The van der Waals surface area contributed by atoms with Crippen molar-refractivity contribution in [2.45, 2.75) is 39.4 Å². The number of alkyl halides is 1. The Labute approximate surface area is 125 Å². The second-order valence-electron chi connectivity index (χ2n) is 6.14. The zero-order valence-electron chi connectivity index (χ0n) is 12.6. The standard InChI is InChI=1S/C16H22ClNO2/c1-11-5-6-13(7-12(11)2)15(19)18-9-14(8-17)20-16(3,4)10-18/h5-7,14H,8-10H2,1-4H3. The summed E-state index contributed by atoms with van der Waals surface area (Å²) in [6, 6.07) is 5.84. The third kappa shape index (κ3) is 3.33. The maximum absolute atomic E-state index is 12.6. The lowest BCUT2D eigenvalue weighted by Crippen LogP contribution is -2.55. The highest BCUT2D eigenvalue weighted by Crippen LogP contribution is 2.23. The molecular weight excluding hydrogens is 274 g/mol. The number of ether oxygens (including phenoxy) is 1. The molecule has 20 heavy (non-hydrogen) atoms. The lowest BCUT2D eigenvalue weighted by molar-refractivity contribution is -0.117. The van der Waals surface area contributed by atoms with Crippen LogP contribution in [0.5, 0.6) is 0 Å². The third-order valence-electron chi connectivity index (χ3n) is 3.69. The van der Waals surface area contributed by atoms with Crippen LogP contribution in [0.3, 0.4) is 0 Å². The number of hydrogen-bond acceptors (Lipinski definition) is 2. The highest BCUT2D eigenvalue weighted by molar-refractivity contribution is 6.18. The van der Waals surface area contributed by atoms with Gasteiger partial charge in [-0.3, -0.25) is 4.79 Å². The topological polar surface area (TPSA) is 29.5 Å². The minimum Gasteiger partial charge on any atom is -0.367 e. The van der Waals surface area contributed by atoms with E-state index in [0.717, 1.165) is 11.1 Å². The predicted molar refractivity (Wildman–Crippen MR) is 81.5 cm³/mol. The Balaban J connectivity index is 2.21. The first-order chi connectivity index (χ1) is 9.32. The van der Waals surface area contributed by atoms with Crippen molar-refractivity contribution in [3.63, 3.8) is 0 Å². The molecule has 1 heterocycles. The second kappa shape index (κ2) is 5.74. The van der Waals surface area contributed by atoms with Crippen LogP contribution in [0.15, 0.2) is 18.2 Å². The van der Waals surface area contributed by atoms with E-state index in [2.05, 4.69) is 0 Å². The lowest BCUT2D eigenvalue weighted by Gasteiger charge is -2.42. The van der Waals surface area contributed by atoms with Crippen molar-refractivity contribution in [1.29, 1.82) is 0 Å². The number of benzene rings is 1. The minimum absolute atomic E-state index is 0.0552. The quantitative estimate of drug-likeness (QED) is 0.784. The maximum Gasteiger partial charge on any atom is 0.254 e. The molecule has 1 aliphatic heterocycles. The molecule has 0 N–H and O–H groups in total. The fraction of sp³-hybridized carbons (Fsp3) is 0.562. The first-order valence-electron chi connectivity index (χ1n) is 6.93. The van der Waals surface area contributed by atoms with Gasteiger partial charge in [-0.15, -0.1) is 11.6 Å². The fourth-order valence-corrected chi connectivity index (χ4v) is 2.75. The number of carbonyl (C=O) groups excluding carboxylic acids is 1. The number of nitrogens with zero attached hydrogens (tertiary/aromatic N) is 1. The molecule has 1 unspecified atom stereocenters. The molecule has 1 aromatic rings. The molecule has 1 aliphatic rings. The average Bonchev–Trinajstić information content (AvgIpc) is 2.39. The molecule has 0 bridgehead atoms. The Morgan fingerprint density at radius 2 is 2.10 bits per heavy atom. The number of rotatable bonds is 2. The summed E-state index contributed by atoms with van der Waals surface area (Å²) in [4.78, 5) is 14.5. The summed E-state index contributed by atoms with van der Waals surface area (Å²) in [5, 5.41) is 0. The Bertz CT molecular complexity index is 513. The summed E-state index contributed by atoms with van der Waals surface area (Å²) < 4.78 is 5.86. The van der Waals surface area contributed by atoms with Crippen molar-refractivity contribution < 1.29 is 9.53 Å². The predicted octanol–water partition coefficient (Wildman–Crippen LogP) is 3.16. The van der Waals surface area contributed by atoms with E-state index in [1.807, 2.05) is 50.8 Å². The van der Waals surface area contributed by atoms with Crippen molar-refractivity contribution in [3.05, 3.63) is 34.9 Å². The molecule has 2 rings (SSSR count). The van der Waals surface area contributed by atoms with Crippen LogP contribution in [0.25, 0.3) is 0 Å². The number of halogens is 1. The maximum atomic E-state index is 12.6. The molecule has 0 radical (unpaired) electrons. The van der Waals surface area contributed by atoms with Gasteiger partial charge in [0.2, 0.25) is 0 Å². The SMILES string of the molecule is Cc1ccc(C(=O)N2CC(CCl)OC(C)(C)C2)cc1C. The van der Waals surface area contributed by atoms with Gasteiger partial charge in [-0.2, -0.15) is 0 Å². The number of aryl methyl sites for hydroxylation is 2. The van der Waals surface area contributed by atoms with E-state index in [9.17, 15) is 4.79 Å². The molecule has 0 aromatic heterocycles. The average molecular weight is 296 g/mol. The number of carbonyl (C=O) groups is 1. The van der Waals surface area contributed by atoms with E-state index in [-0.39, 0.29) is 17.6 Å². The molecule has 1 aromatic carbocycles. The third-order valence-corrected chi connectivity index (χ3v) is 4.04. The number of morpholine rings is 1. The Hall–Kier alpha value is -1.06. The van der Waals surface area contributed by atoms with Crippen LogP contribution in [0, 0.1) is 13.8 Å². The van der Waals surface area contributed by atoms with Gasteiger partial charge in [0, 0.05) is 18.7 Å². The summed E-state index contributed by atoms with van der Waals surface area (Å²) >= 11 is 5.91. The molecule has 1 atom stereocenters. The molecule has 1 fully saturated rings. The Morgan fingerprint density at radius 3 is 2.70 bits per heavy atom. The molecule has 3 nitrogen and oxygen atoms in total. The zero-order valence-corrected chi connectivity index (χ0v) is 13.3. The summed E-state index contributed by atoms with van der Waals surface area (Å²) in [6.07, 6.45) is -0.101. The van der Waals surface area contributed by atoms with Crippen molar-refractivity contribution >= 4 is 17.5 Å². The van der Waals surface area contributed by atoms with Gasteiger partial charge in [0.25, 0.3) is 5.91 Å². The summed E-state index contributed by atoms with van der Waals surface area (Å²) in [6.45, 7) is 9.20. The van der Waals surface area contributed by atoms with E-state index in [4.69, 9.17) is 16.3 Å². The van der Waals surface area contributed by atoms with Gasteiger partial charge < -0.3 is 9.64 Å². The van der Waals surface area contributed by atoms with Gasteiger partial charge in [0.1, 0.15) is 0 Å². The monoisotopic (exact) mass is 295 g/mol. The van der Waals surface area contributed by atoms with Crippen molar-refractivity contribution in [3.8, 4) is 0 Å². The van der Waals surface area contributed by atoms with Gasteiger partial charge in [-0.25, -0.2) is 0 Å². The summed E-state index contributed by atoms with van der Waals surface area (Å²) in [7, 11) is 0. The molecule has 1 amide bonds. The van der Waals surface area contributed by atoms with E-state index >= 15 is 0 Å². The van der Waals surface area contributed by atoms with Crippen LogP contribution in [-0.4, -0.2) is 41.5 Å². The first-order valence-corrected chi connectivity index (χ1v) is 7.46. The van der Waals surface area contributed by atoms with Gasteiger partial charge in [-0.05, 0) is 51.0 Å². The van der Waals surface area contributed by atoms with Crippen LogP contribution >= 0.6 is 11.6 Å². The largest absolute Gasteiger partial charge is 0.367 e. The van der Waals surface area contributed by atoms with Crippen molar-refractivity contribution in [2.75, 3.05) is 19.0 Å². The normalized spacial score (nSPS) is 21.9. The van der Waals surface area contributed by atoms with E-state index in [1.54, 1.807) is 0 Å². The van der Waals surface area contributed by atoms with E-state index in [1.165, 1.54) is 5.56 Å². The lowest BCUT2D eigenvalue weighted by atomic mass is 10.0. The molecule has 0 aliphatic carbocycles. The zero-order chi connectivity index (χ0) is 14.9. The van der Waals surface area contributed by atoms with Crippen molar-refractivity contribution in [1.82, 2.24) is 4.90 Å². The van der Waals surface area contributed by atoms with Crippen LogP contribution in [0.1, 0.15) is 35.3 Å². The van der Waals surface area contributed by atoms with Gasteiger partial charge in [0.05, 0.1) is 17.6 Å². The molecule has 0 saturated carbocycles. The highest BCUT2D eigenvalue weighted by atomic mass is 35.5. The molecule has 1 saturated heterocycles. The first kappa shape index (κ1) is 15.3. The van der Waals surface area contributed by atoms with E-state index in [0.29, 0.717) is 19.0 Å². The molecular formula is C16H22ClNO2. The van der Waals surface area contributed by atoms with Crippen LogP contribution in [0.4, 0.5) is 0 Å². The smallest absolute Gasteiger partial charge is 0.254 e. The fourth-order valence-electron chi connectivity index (χ4n) is 2.59. The second-order valence-corrected chi connectivity index (χ2v) is 6.45. The highest BCUT2D eigenvalue weighted by Gasteiger charge is 2.35. The molecule has 0 spiro atoms.